The third kappa shape index (κ3) is 3.16. The van der Waals surface area contributed by atoms with Crippen LogP contribution in [-0.4, -0.2) is 28.7 Å². The molecule has 1 amide bonds. The molecule has 0 spiro atoms. The summed E-state index contributed by atoms with van der Waals surface area (Å²) >= 11 is 0. The number of nitrogens with one attached hydrogen (secondary N) is 1. The van der Waals surface area contributed by atoms with Crippen LogP contribution >= 0.6 is 0 Å². The first-order valence-electron chi connectivity index (χ1n) is 9.85. The fourth-order valence-corrected chi connectivity index (χ4v) is 3.90. The average molecular weight is 399 g/mol. The maximum absolute atomic E-state index is 13.0. The number of fused-ring (bicyclic) bond motifs is 2. The van der Waals surface area contributed by atoms with Crippen LogP contribution in [0.1, 0.15) is 21.7 Å². The Bertz CT molecular complexity index is 1280. The zero-order valence-electron chi connectivity index (χ0n) is 16.8. The van der Waals surface area contributed by atoms with Gasteiger partial charge in [0.2, 0.25) is 0 Å². The van der Waals surface area contributed by atoms with Gasteiger partial charge in [0.05, 0.1) is 23.0 Å². The molecule has 5 rings (SSSR count). The van der Waals surface area contributed by atoms with Crippen molar-refractivity contribution in [1.29, 1.82) is 0 Å². The minimum atomic E-state index is -0.163. The van der Waals surface area contributed by atoms with Crippen LogP contribution in [0, 0.1) is 13.8 Å². The molecule has 2 aromatic heterocycles. The molecule has 1 aliphatic rings. The topological polar surface area (TPSA) is 65.4 Å². The number of nitrogens with zero attached hydrogens (tertiary/aromatic N) is 2. The summed E-state index contributed by atoms with van der Waals surface area (Å²) in [7, 11) is 0. The van der Waals surface area contributed by atoms with Crippen molar-refractivity contribution in [3.8, 4) is 17.2 Å². The zero-order valence-corrected chi connectivity index (χ0v) is 16.8. The van der Waals surface area contributed by atoms with E-state index in [1.165, 1.54) is 0 Å². The molecule has 3 heterocycles. The third-order valence-electron chi connectivity index (χ3n) is 5.31. The van der Waals surface area contributed by atoms with E-state index >= 15 is 0 Å². The summed E-state index contributed by atoms with van der Waals surface area (Å²) in [5, 5.41) is 3.96. The molecule has 4 aromatic rings. The van der Waals surface area contributed by atoms with Crippen molar-refractivity contribution in [2.75, 3.05) is 18.5 Å². The van der Waals surface area contributed by atoms with Gasteiger partial charge in [-0.3, -0.25) is 9.78 Å². The van der Waals surface area contributed by atoms with Gasteiger partial charge in [0.1, 0.15) is 13.2 Å². The van der Waals surface area contributed by atoms with Gasteiger partial charge in [-0.15, -0.1) is 0 Å². The van der Waals surface area contributed by atoms with Crippen LogP contribution in [0.5, 0.6) is 11.5 Å². The van der Waals surface area contributed by atoms with Crippen LogP contribution in [0.3, 0.4) is 0 Å². The predicted octanol–water partition coefficient (Wildman–Crippen LogP) is 4.67. The van der Waals surface area contributed by atoms with Crippen molar-refractivity contribution in [2.45, 2.75) is 13.8 Å². The number of benzene rings is 2. The molecule has 0 atom stereocenters. The van der Waals surface area contributed by atoms with Crippen LogP contribution in [0.15, 0.2) is 60.8 Å². The summed E-state index contributed by atoms with van der Waals surface area (Å²) in [6.45, 7) is 5.02. The highest BCUT2D eigenvalue weighted by Crippen LogP contribution is 2.33. The summed E-state index contributed by atoms with van der Waals surface area (Å²) in [4.78, 5) is 17.4. The van der Waals surface area contributed by atoms with Gasteiger partial charge >= 0.3 is 0 Å². The Morgan fingerprint density at radius 3 is 2.67 bits per heavy atom. The van der Waals surface area contributed by atoms with E-state index in [1.54, 1.807) is 6.20 Å². The van der Waals surface area contributed by atoms with E-state index in [1.807, 2.05) is 73.0 Å². The Morgan fingerprint density at radius 2 is 1.80 bits per heavy atom. The lowest BCUT2D eigenvalue weighted by Crippen LogP contribution is -2.16. The highest BCUT2D eigenvalue weighted by molar-refractivity contribution is 6.06. The Balaban J connectivity index is 1.46. The molecule has 1 aliphatic heterocycles. The number of anilines is 1. The molecule has 0 saturated heterocycles. The number of aromatic nitrogens is 2. The Hall–Kier alpha value is -3.80. The van der Waals surface area contributed by atoms with Gasteiger partial charge in [-0.2, -0.15) is 0 Å². The van der Waals surface area contributed by atoms with Crippen molar-refractivity contribution in [3.05, 3.63) is 77.7 Å². The van der Waals surface area contributed by atoms with Crippen LogP contribution in [0.4, 0.5) is 5.69 Å². The Kier molecular flexibility index (Phi) is 4.39. The molecule has 1 N–H and O–H groups in total. The summed E-state index contributed by atoms with van der Waals surface area (Å²) in [6, 6.07) is 17.5. The van der Waals surface area contributed by atoms with Crippen LogP contribution in [0.2, 0.25) is 0 Å². The number of ether oxygens (including phenoxy) is 2. The van der Waals surface area contributed by atoms with E-state index in [4.69, 9.17) is 9.47 Å². The smallest absolute Gasteiger partial charge is 0.257 e. The first-order chi connectivity index (χ1) is 14.6. The summed E-state index contributed by atoms with van der Waals surface area (Å²) in [5.41, 5.74) is 4.94. The summed E-state index contributed by atoms with van der Waals surface area (Å²) < 4.78 is 13.4. The van der Waals surface area contributed by atoms with Crippen molar-refractivity contribution < 1.29 is 14.3 Å². The number of rotatable bonds is 3. The van der Waals surface area contributed by atoms with Crippen molar-refractivity contribution in [3.63, 3.8) is 0 Å². The molecule has 6 heteroatoms. The predicted molar refractivity (Wildman–Crippen MR) is 116 cm³/mol. The largest absolute Gasteiger partial charge is 0.486 e. The fourth-order valence-electron chi connectivity index (χ4n) is 3.90. The minimum Gasteiger partial charge on any atom is -0.486 e. The van der Waals surface area contributed by atoms with E-state index in [0.29, 0.717) is 24.5 Å². The second kappa shape index (κ2) is 7.22. The highest BCUT2D eigenvalue weighted by Gasteiger charge is 2.19. The normalized spacial score (nSPS) is 12.7. The molecule has 0 radical (unpaired) electrons. The first-order valence-corrected chi connectivity index (χ1v) is 9.85. The summed E-state index contributed by atoms with van der Waals surface area (Å²) in [5.74, 6) is 1.30. The Morgan fingerprint density at radius 1 is 1.00 bits per heavy atom. The van der Waals surface area contributed by atoms with Crippen molar-refractivity contribution >= 4 is 22.5 Å². The molecule has 0 fully saturated rings. The average Bonchev–Trinajstić information content (AvgIpc) is 3.07. The van der Waals surface area contributed by atoms with Gasteiger partial charge < -0.3 is 19.4 Å². The second-order valence-electron chi connectivity index (χ2n) is 7.32. The number of para-hydroxylation sites is 1. The fraction of sp³-hybridized carbons (Fsp3) is 0.167. The monoisotopic (exact) mass is 399 g/mol. The molecule has 2 aromatic carbocycles. The van der Waals surface area contributed by atoms with Crippen LogP contribution in [0.25, 0.3) is 16.6 Å². The van der Waals surface area contributed by atoms with Gasteiger partial charge in [-0.25, -0.2) is 0 Å². The van der Waals surface area contributed by atoms with E-state index in [9.17, 15) is 4.79 Å². The van der Waals surface area contributed by atoms with Gasteiger partial charge in [-0.1, -0.05) is 18.2 Å². The third-order valence-corrected chi connectivity index (χ3v) is 5.31. The number of hydrogen-bond acceptors (Lipinski definition) is 4. The SMILES string of the molecule is Cc1cc(C(=O)Nc2cnc3ccccc3c2)c(C)n1-c1ccc2c(c1)OCCO2. The first kappa shape index (κ1) is 18.2. The molecule has 0 saturated carbocycles. The number of hydrogen-bond donors (Lipinski definition) is 1. The number of carbonyl (C=O) groups excluding carboxylic acids is 1. The van der Waals surface area contributed by atoms with Crippen molar-refractivity contribution in [1.82, 2.24) is 9.55 Å². The highest BCUT2D eigenvalue weighted by atomic mass is 16.6. The van der Waals surface area contributed by atoms with E-state index in [2.05, 4.69) is 10.3 Å². The lowest BCUT2D eigenvalue weighted by atomic mass is 10.2. The maximum atomic E-state index is 13.0. The zero-order chi connectivity index (χ0) is 20.7. The second-order valence-corrected chi connectivity index (χ2v) is 7.32. The molecule has 0 aliphatic carbocycles. The molecule has 30 heavy (non-hydrogen) atoms. The van der Waals surface area contributed by atoms with Gasteiger partial charge in [0.15, 0.2) is 11.5 Å². The molecule has 6 nitrogen and oxygen atoms in total. The molecule has 150 valence electrons. The van der Waals surface area contributed by atoms with E-state index in [0.717, 1.165) is 39.5 Å². The van der Waals surface area contributed by atoms with Gasteiger partial charge in [-0.05, 0) is 44.2 Å². The van der Waals surface area contributed by atoms with Gasteiger partial charge in [0, 0.05) is 28.5 Å². The molecule has 0 bridgehead atoms. The quantitative estimate of drug-likeness (QED) is 0.544. The lowest BCUT2D eigenvalue weighted by molar-refractivity contribution is 0.102. The van der Waals surface area contributed by atoms with Crippen molar-refractivity contribution in [2.24, 2.45) is 0 Å². The molecular weight excluding hydrogens is 378 g/mol. The number of amides is 1. The number of aryl methyl sites for hydroxylation is 1. The Labute approximate surface area is 174 Å². The van der Waals surface area contributed by atoms with Crippen LogP contribution in [-0.2, 0) is 0 Å². The number of carbonyl (C=O) groups is 1. The van der Waals surface area contributed by atoms with E-state index in [-0.39, 0.29) is 5.91 Å². The van der Waals surface area contributed by atoms with Crippen LogP contribution < -0.4 is 14.8 Å². The van der Waals surface area contributed by atoms with E-state index < -0.39 is 0 Å². The van der Waals surface area contributed by atoms with Gasteiger partial charge in [0.25, 0.3) is 5.91 Å². The standard InChI is InChI=1S/C24H21N3O3/c1-15-11-20(24(28)26-18-12-17-5-3-4-6-21(17)25-14-18)16(2)27(15)19-7-8-22-23(13-19)30-10-9-29-22/h3-8,11-14H,9-10H2,1-2H3,(H,26,28). The minimum absolute atomic E-state index is 0.163. The molecule has 0 unspecified atom stereocenters. The lowest BCUT2D eigenvalue weighted by Gasteiger charge is -2.20. The number of pyridine rings is 1. The molecular formula is C24H21N3O3. The maximum Gasteiger partial charge on any atom is 0.257 e. The summed E-state index contributed by atoms with van der Waals surface area (Å²) in [6.07, 6.45) is 1.68.